The normalized spacial score (nSPS) is 16.1. The first-order chi connectivity index (χ1) is 13.7. The highest BCUT2D eigenvalue weighted by molar-refractivity contribution is 5.79. The minimum absolute atomic E-state index is 0.681. The number of rotatable bonds is 7. The standard InChI is InChI=1S/C23H33N5/c1-3-24-23(25-17-20-7-5-4-6-8-20)26-18-21-9-11-22(12-10-21)19-28-15-13-27(2)14-16-28/h4-12H,3,13-19H2,1-2H3,(H2,24,25,26). The van der Waals surface area contributed by atoms with Crippen LogP contribution in [-0.2, 0) is 19.6 Å². The second-order valence-corrected chi connectivity index (χ2v) is 7.43. The van der Waals surface area contributed by atoms with Crippen molar-refractivity contribution in [2.24, 2.45) is 4.99 Å². The van der Waals surface area contributed by atoms with E-state index in [-0.39, 0.29) is 0 Å². The number of piperazine rings is 1. The summed E-state index contributed by atoms with van der Waals surface area (Å²) in [7, 11) is 2.20. The van der Waals surface area contributed by atoms with Crippen molar-refractivity contribution in [1.82, 2.24) is 20.4 Å². The number of aliphatic imine (C=N–C) groups is 1. The van der Waals surface area contributed by atoms with Crippen LogP contribution in [0.3, 0.4) is 0 Å². The molecule has 1 aliphatic heterocycles. The van der Waals surface area contributed by atoms with Crippen LogP contribution < -0.4 is 10.6 Å². The summed E-state index contributed by atoms with van der Waals surface area (Å²) in [5.41, 5.74) is 3.87. The van der Waals surface area contributed by atoms with Gasteiger partial charge in [0.2, 0.25) is 0 Å². The minimum atomic E-state index is 0.681. The summed E-state index contributed by atoms with van der Waals surface area (Å²) in [5.74, 6) is 0.855. The highest BCUT2D eigenvalue weighted by Crippen LogP contribution is 2.10. The zero-order valence-electron chi connectivity index (χ0n) is 17.2. The molecule has 1 saturated heterocycles. The molecule has 0 aromatic heterocycles. The van der Waals surface area contributed by atoms with E-state index in [1.165, 1.54) is 16.7 Å². The Kier molecular flexibility index (Phi) is 7.88. The Balaban J connectivity index is 1.49. The molecule has 2 aromatic carbocycles. The Hall–Kier alpha value is -2.37. The molecule has 3 rings (SSSR count). The van der Waals surface area contributed by atoms with Gasteiger partial charge in [0.05, 0.1) is 6.54 Å². The molecule has 150 valence electrons. The van der Waals surface area contributed by atoms with Gasteiger partial charge < -0.3 is 15.5 Å². The van der Waals surface area contributed by atoms with E-state index in [2.05, 4.69) is 87.9 Å². The van der Waals surface area contributed by atoms with Crippen LogP contribution in [0, 0.1) is 0 Å². The highest BCUT2D eigenvalue weighted by atomic mass is 15.2. The fourth-order valence-electron chi connectivity index (χ4n) is 3.31. The van der Waals surface area contributed by atoms with Gasteiger partial charge in [-0.2, -0.15) is 0 Å². The van der Waals surface area contributed by atoms with Crippen molar-refractivity contribution in [2.45, 2.75) is 26.6 Å². The van der Waals surface area contributed by atoms with E-state index in [1.54, 1.807) is 0 Å². The molecule has 1 heterocycles. The molecule has 0 amide bonds. The summed E-state index contributed by atoms with van der Waals surface area (Å²) >= 11 is 0. The third-order valence-corrected chi connectivity index (χ3v) is 5.09. The SMILES string of the molecule is CCNC(=NCc1ccccc1)NCc1ccc(CN2CCN(C)CC2)cc1. The van der Waals surface area contributed by atoms with Gasteiger partial charge in [-0.25, -0.2) is 4.99 Å². The maximum absolute atomic E-state index is 4.68. The van der Waals surface area contributed by atoms with E-state index in [0.29, 0.717) is 6.54 Å². The first-order valence-electron chi connectivity index (χ1n) is 10.3. The second kappa shape index (κ2) is 10.8. The Morgan fingerprint density at radius 2 is 1.54 bits per heavy atom. The predicted molar refractivity (Wildman–Crippen MR) is 117 cm³/mol. The minimum Gasteiger partial charge on any atom is -0.357 e. The van der Waals surface area contributed by atoms with Crippen LogP contribution in [0.4, 0.5) is 0 Å². The van der Waals surface area contributed by atoms with Gasteiger partial charge >= 0.3 is 0 Å². The molecular weight excluding hydrogens is 346 g/mol. The Bertz CT molecular complexity index is 718. The van der Waals surface area contributed by atoms with Gasteiger partial charge in [0.25, 0.3) is 0 Å². The lowest BCUT2D eigenvalue weighted by Gasteiger charge is -2.32. The van der Waals surface area contributed by atoms with E-state index in [4.69, 9.17) is 0 Å². The zero-order valence-corrected chi connectivity index (χ0v) is 17.2. The first kappa shape index (κ1) is 20.4. The summed E-state index contributed by atoms with van der Waals surface area (Å²) in [6.07, 6.45) is 0. The number of guanidine groups is 1. The molecule has 0 atom stereocenters. The molecule has 0 bridgehead atoms. The monoisotopic (exact) mass is 379 g/mol. The molecule has 0 unspecified atom stereocenters. The number of nitrogens with one attached hydrogen (secondary N) is 2. The lowest BCUT2D eigenvalue weighted by molar-refractivity contribution is 0.148. The molecule has 2 aromatic rings. The van der Waals surface area contributed by atoms with Crippen molar-refractivity contribution >= 4 is 5.96 Å². The van der Waals surface area contributed by atoms with Gasteiger partial charge in [-0.3, -0.25) is 4.90 Å². The number of likely N-dealkylation sites (N-methyl/N-ethyl adjacent to an activating group) is 1. The number of benzene rings is 2. The summed E-state index contributed by atoms with van der Waals surface area (Å²) < 4.78 is 0. The Morgan fingerprint density at radius 1 is 0.857 bits per heavy atom. The van der Waals surface area contributed by atoms with Gasteiger partial charge in [0.15, 0.2) is 5.96 Å². The average Bonchev–Trinajstić information content (AvgIpc) is 2.73. The molecule has 0 aliphatic carbocycles. The molecule has 1 aliphatic rings. The maximum atomic E-state index is 4.68. The summed E-state index contributed by atoms with van der Waals surface area (Å²) in [6, 6.07) is 19.3. The van der Waals surface area contributed by atoms with Gasteiger partial charge in [0.1, 0.15) is 0 Å². The van der Waals surface area contributed by atoms with Gasteiger partial charge in [-0.1, -0.05) is 54.6 Å². The number of hydrogen-bond acceptors (Lipinski definition) is 3. The summed E-state index contributed by atoms with van der Waals surface area (Å²) in [4.78, 5) is 9.61. The van der Waals surface area contributed by atoms with Gasteiger partial charge in [-0.15, -0.1) is 0 Å². The van der Waals surface area contributed by atoms with Crippen molar-refractivity contribution in [3.8, 4) is 0 Å². The fraction of sp³-hybridized carbons (Fsp3) is 0.435. The average molecular weight is 380 g/mol. The highest BCUT2D eigenvalue weighted by Gasteiger charge is 2.13. The van der Waals surface area contributed by atoms with E-state index in [1.807, 2.05) is 6.07 Å². The van der Waals surface area contributed by atoms with Crippen molar-refractivity contribution in [1.29, 1.82) is 0 Å². The van der Waals surface area contributed by atoms with Crippen molar-refractivity contribution < 1.29 is 0 Å². The predicted octanol–water partition coefficient (Wildman–Crippen LogP) is 2.69. The fourth-order valence-corrected chi connectivity index (χ4v) is 3.31. The molecule has 5 heteroatoms. The molecule has 5 nitrogen and oxygen atoms in total. The smallest absolute Gasteiger partial charge is 0.191 e. The maximum Gasteiger partial charge on any atom is 0.191 e. The first-order valence-corrected chi connectivity index (χ1v) is 10.3. The molecule has 1 fully saturated rings. The van der Waals surface area contributed by atoms with Crippen LogP contribution in [-0.4, -0.2) is 55.5 Å². The third-order valence-electron chi connectivity index (χ3n) is 5.09. The van der Waals surface area contributed by atoms with E-state index in [0.717, 1.165) is 51.8 Å². The van der Waals surface area contributed by atoms with Gasteiger partial charge in [-0.05, 0) is 30.7 Å². The largest absolute Gasteiger partial charge is 0.357 e. The summed E-state index contributed by atoms with van der Waals surface area (Å²) in [5, 5.41) is 6.76. The van der Waals surface area contributed by atoms with E-state index >= 15 is 0 Å². The van der Waals surface area contributed by atoms with Gasteiger partial charge in [0, 0.05) is 45.8 Å². The van der Waals surface area contributed by atoms with Crippen LogP contribution in [0.1, 0.15) is 23.6 Å². The second-order valence-electron chi connectivity index (χ2n) is 7.43. The van der Waals surface area contributed by atoms with Crippen molar-refractivity contribution in [2.75, 3.05) is 39.8 Å². The Labute approximate surface area is 169 Å². The third kappa shape index (κ3) is 6.66. The molecule has 0 saturated carbocycles. The topological polar surface area (TPSA) is 42.9 Å². The lowest BCUT2D eigenvalue weighted by atomic mass is 10.1. The molecule has 0 spiro atoms. The van der Waals surface area contributed by atoms with Crippen LogP contribution >= 0.6 is 0 Å². The van der Waals surface area contributed by atoms with Crippen molar-refractivity contribution in [3.05, 3.63) is 71.3 Å². The number of nitrogens with zero attached hydrogens (tertiary/aromatic N) is 3. The molecule has 0 radical (unpaired) electrons. The Morgan fingerprint density at radius 3 is 2.21 bits per heavy atom. The van der Waals surface area contributed by atoms with E-state index < -0.39 is 0 Å². The van der Waals surface area contributed by atoms with Crippen LogP contribution in [0.15, 0.2) is 59.6 Å². The molecular formula is C23H33N5. The summed E-state index contributed by atoms with van der Waals surface area (Å²) in [6.45, 7) is 10.1. The molecule has 2 N–H and O–H groups in total. The van der Waals surface area contributed by atoms with Crippen molar-refractivity contribution in [3.63, 3.8) is 0 Å². The van der Waals surface area contributed by atoms with Crippen LogP contribution in [0.5, 0.6) is 0 Å². The quantitative estimate of drug-likeness (QED) is 0.573. The number of hydrogen-bond donors (Lipinski definition) is 2. The van der Waals surface area contributed by atoms with Crippen LogP contribution in [0.2, 0.25) is 0 Å². The van der Waals surface area contributed by atoms with Crippen LogP contribution in [0.25, 0.3) is 0 Å². The zero-order chi connectivity index (χ0) is 19.6. The molecule has 28 heavy (non-hydrogen) atoms. The van der Waals surface area contributed by atoms with E-state index in [9.17, 15) is 0 Å². The lowest BCUT2D eigenvalue weighted by Crippen LogP contribution is -2.43.